The number of halogens is 1. The van der Waals surface area contributed by atoms with Gasteiger partial charge in [-0.25, -0.2) is 0 Å². The molecule has 0 aromatic carbocycles. The molecule has 0 radical (unpaired) electrons. The van der Waals surface area contributed by atoms with Gasteiger partial charge < -0.3 is 5.32 Å². The summed E-state index contributed by atoms with van der Waals surface area (Å²) in [6.07, 6.45) is 10.9. The summed E-state index contributed by atoms with van der Waals surface area (Å²) in [7, 11) is 0. The van der Waals surface area contributed by atoms with Gasteiger partial charge in [-0.2, -0.15) is 0 Å². The molecule has 0 aliphatic rings. The first kappa shape index (κ1) is 14.9. The number of rotatable bonds is 10. The van der Waals surface area contributed by atoms with Crippen molar-refractivity contribution >= 4 is 32.4 Å². The number of nitrogens with one attached hydrogen (secondary N) is 1. The standard InChI is InChI=1S/C12H22BrN3S/c1-2-3-4-5-6-7-8-9-10-14-12-16-15-11(13)17-12/h2-10H2,1H3,(H,14,16). The lowest BCUT2D eigenvalue weighted by molar-refractivity contribution is 0.581. The normalized spacial score (nSPS) is 10.7. The molecule has 1 aromatic heterocycles. The fourth-order valence-corrected chi connectivity index (χ4v) is 2.77. The first-order valence-corrected chi connectivity index (χ1v) is 8.16. The van der Waals surface area contributed by atoms with Gasteiger partial charge in [0.2, 0.25) is 5.13 Å². The van der Waals surface area contributed by atoms with Gasteiger partial charge in [-0.3, -0.25) is 0 Å². The Balaban J connectivity index is 1.84. The monoisotopic (exact) mass is 319 g/mol. The second-order valence-corrected chi connectivity index (χ2v) is 6.52. The molecule has 0 bridgehead atoms. The van der Waals surface area contributed by atoms with Gasteiger partial charge in [-0.15, -0.1) is 10.2 Å². The third-order valence-corrected chi connectivity index (χ3v) is 4.02. The number of aromatic nitrogens is 2. The Morgan fingerprint density at radius 2 is 1.65 bits per heavy atom. The van der Waals surface area contributed by atoms with Crippen LogP contribution in [0.2, 0.25) is 0 Å². The van der Waals surface area contributed by atoms with E-state index in [-0.39, 0.29) is 0 Å². The summed E-state index contributed by atoms with van der Waals surface area (Å²) in [6.45, 7) is 3.27. The zero-order valence-electron chi connectivity index (χ0n) is 10.5. The Morgan fingerprint density at radius 3 is 2.24 bits per heavy atom. The predicted octanol–water partition coefficient (Wildman–Crippen LogP) is 4.85. The fraction of sp³-hybridized carbons (Fsp3) is 0.833. The van der Waals surface area contributed by atoms with Gasteiger partial charge in [0.1, 0.15) is 0 Å². The Bertz CT molecular complexity index is 291. The van der Waals surface area contributed by atoms with Crippen molar-refractivity contribution in [1.82, 2.24) is 10.2 Å². The molecule has 1 aromatic rings. The van der Waals surface area contributed by atoms with Gasteiger partial charge in [0, 0.05) is 6.54 Å². The van der Waals surface area contributed by atoms with Gasteiger partial charge in [0.05, 0.1) is 0 Å². The molecule has 1 N–H and O–H groups in total. The quantitative estimate of drug-likeness (QED) is 0.626. The van der Waals surface area contributed by atoms with Crippen LogP contribution in [0, 0.1) is 0 Å². The summed E-state index contributed by atoms with van der Waals surface area (Å²) in [5.41, 5.74) is 0. The molecular weight excluding hydrogens is 298 g/mol. The maximum absolute atomic E-state index is 3.99. The van der Waals surface area contributed by atoms with Crippen molar-refractivity contribution in [3.05, 3.63) is 3.92 Å². The average Bonchev–Trinajstić information content (AvgIpc) is 2.73. The van der Waals surface area contributed by atoms with Crippen molar-refractivity contribution in [1.29, 1.82) is 0 Å². The summed E-state index contributed by atoms with van der Waals surface area (Å²) >= 11 is 4.85. The van der Waals surface area contributed by atoms with Crippen LogP contribution >= 0.6 is 27.3 Å². The summed E-state index contributed by atoms with van der Waals surface area (Å²) in [6, 6.07) is 0. The second-order valence-electron chi connectivity index (χ2n) is 4.26. The van der Waals surface area contributed by atoms with Crippen LogP contribution in [0.3, 0.4) is 0 Å². The van der Waals surface area contributed by atoms with Crippen LogP contribution in [0.1, 0.15) is 58.3 Å². The van der Waals surface area contributed by atoms with Gasteiger partial charge >= 0.3 is 0 Å². The maximum atomic E-state index is 3.99. The van der Waals surface area contributed by atoms with Crippen molar-refractivity contribution in [2.75, 3.05) is 11.9 Å². The molecule has 98 valence electrons. The zero-order chi connectivity index (χ0) is 12.3. The first-order valence-electron chi connectivity index (χ1n) is 6.56. The Morgan fingerprint density at radius 1 is 1.00 bits per heavy atom. The highest BCUT2D eigenvalue weighted by Gasteiger charge is 1.99. The highest BCUT2D eigenvalue weighted by molar-refractivity contribution is 9.11. The minimum absolute atomic E-state index is 0.843. The van der Waals surface area contributed by atoms with Crippen molar-refractivity contribution < 1.29 is 0 Å². The number of unbranched alkanes of at least 4 members (excludes halogenated alkanes) is 7. The molecule has 5 heteroatoms. The molecule has 0 unspecified atom stereocenters. The van der Waals surface area contributed by atoms with Crippen molar-refractivity contribution in [2.45, 2.75) is 58.3 Å². The van der Waals surface area contributed by atoms with Crippen LogP contribution in [0.4, 0.5) is 5.13 Å². The van der Waals surface area contributed by atoms with E-state index < -0.39 is 0 Å². The third-order valence-electron chi connectivity index (χ3n) is 2.71. The van der Waals surface area contributed by atoms with Gasteiger partial charge in [-0.05, 0) is 22.4 Å². The largest absolute Gasteiger partial charge is 0.360 e. The zero-order valence-corrected chi connectivity index (χ0v) is 12.9. The van der Waals surface area contributed by atoms with E-state index in [2.05, 4.69) is 38.4 Å². The molecule has 3 nitrogen and oxygen atoms in total. The highest BCUT2D eigenvalue weighted by atomic mass is 79.9. The maximum Gasteiger partial charge on any atom is 0.206 e. The van der Waals surface area contributed by atoms with Crippen LogP contribution in [0.5, 0.6) is 0 Å². The van der Waals surface area contributed by atoms with Crippen molar-refractivity contribution in [3.8, 4) is 0 Å². The minimum Gasteiger partial charge on any atom is -0.360 e. The summed E-state index contributed by atoms with van der Waals surface area (Å²) in [5.74, 6) is 0. The van der Waals surface area contributed by atoms with Crippen LogP contribution < -0.4 is 5.32 Å². The molecule has 0 aliphatic heterocycles. The lowest BCUT2D eigenvalue weighted by Crippen LogP contribution is -2.00. The Hall–Kier alpha value is -0.160. The van der Waals surface area contributed by atoms with E-state index in [9.17, 15) is 0 Å². The predicted molar refractivity (Wildman–Crippen MR) is 78.7 cm³/mol. The summed E-state index contributed by atoms with van der Waals surface area (Å²) in [5, 5.41) is 12.1. The van der Waals surface area contributed by atoms with E-state index in [1.165, 1.54) is 51.4 Å². The van der Waals surface area contributed by atoms with Crippen LogP contribution in [0.15, 0.2) is 3.92 Å². The van der Waals surface area contributed by atoms with E-state index in [1.807, 2.05) is 0 Å². The number of nitrogens with zero attached hydrogens (tertiary/aromatic N) is 2. The van der Waals surface area contributed by atoms with E-state index in [1.54, 1.807) is 11.3 Å². The molecule has 0 fully saturated rings. The number of hydrogen-bond donors (Lipinski definition) is 1. The number of anilines is 1. The summed E-state index contributed by atoms with van der Waals surface area (Å²) < 4.78 is 0.843. The lowest BCUT2D eigenvalue weighted by Gasteiger charge is -2.02. The smallest absolute Gasteiger partial charge is 0.206 e. The molecule has 0 amide bonds. The molecule has 1 rings (SSSR count). The van der Waals surface area contributed by atoms with Crippen LogP contribution in [-0.2, 0) is 0 Å². The summed E-state index contributed by atoms with van der Waals surface area (Å²) in [4.78, 5) is 0. The van der Waals surface area contributed by atoms with Gasteiger partial charge in [0.25, 0.3) is 0 Å². The molecule has 0 spiro atoms. The van der Waals surface area contributed by atoms with E-state index in [4.69, 9.17) is 0 Å². The van der Waals surface area contributed by atoms with Crippen molar-refractivity contribution in [2.24, 2.45) is 0 Å². The Kier molecular flexibility index (Phi) is 8.61. The first-order chi connectivity index (χ1) is 8.33. The lowest BCUT2D eigenvalue weighted by atomic mass is 10.1. The van der Waals surface area contributed by atoms with E-state index >= 15 is 0 Å². The molecule has 0 saturated heterocycles. The highest BCUT2D eigenvalue weighted by Crippen LogP contribution is 2.19. The topological polar surface area (TPSA) is 37.8 Å². The molecular formula is C12H22BrN3S. The average molecular weight is 320 g/mol. The van der Waals surface area contributed by atoms with Gasteiger partial charge in [-0.1, -0.05) is 63.2 Å². The molecule has 0 saturated carbocycles. The van der Waals surface area contributed by atoms with E-state index in [0.717, 1.165) is 15.6 Å². The molecule has 0 atom stereocenters. The minimum atomic E-state index is 0.843. The van der Waals surface area contributed by atoms with Crippen LogP contribution in [0.25, 0.3) is 0 Å². The third kappa shape index (κ3) is 7.71. The molecule has 1 heterocycles. The van der Waals surface area contributed by atoms with Crippen LogP contribution in [-0.4, -0.2) is 16.7 Å². The fourth-order valence-electron chi connectivity index (χ4n) is 1.73. The van der Waals surface area contributed by atoms with E-state index in [0.29, 0.717) is 0 Å². The van der Waals surface area contributed by atoms with Crippen molar-refractivity contribution in [3.63, 3.8) is 0 Å². The molecule has 0 aliphatic carbocycles. The SMILES string of the molecule is CCCCCCCCCCNc1nnc(Br)s1. The number of hydrogen-bond acceptors (Lipinski definition) is 4. The van der Waals surface area contributed by atoms with Gasteiger partial charge in [0.15, 0.2) is 3.92 Å². The second kappa shape index (κ2) is 9.83. The Labute approximate surface area is 117 Å². The molecule has 17 heavy (non-hydrogen) atoms.